The first-order valence-electron chi connectivity index (χ1n) is 10.9. The molecule has 0 fully saturated rings. The van der Waals surface area contributed by atoms with Gasteiger partial charge in [-0.3, -0.25) is 0 Å². The molecule has 0 aromatic heterocycles. The van der Waals surface area contributed by atoms with Crippen LogP contribution in [0.3, 0.4) is 0 Å². The van der Waals surface area contributed by atoms with Crippen LogP contribution < -0.4 is 0 Å². The van der Waals surface area contributed by atoms with Crippen LogP contribution in [0.25, 0.3) is 21.9 Å². The predicted octanol–water partition coefficient (Wildman–Crippen LogP) is 7.93. The molecule has 0 radical (unpaired) electrons. The van der Waals surface area contributed by atoms with Crippen molar-refractivity contribution in [3.05, 3.63) is 150 Å². The van der Waals surface area contributed by atoms with Gasteiger partial charge in [0.2, 0.25) is 0 Å². The number of rotatable bonds is 3. The predicted molar refractivity (Wildman–Crippen MR) is 135 cm³/mol. The topological polar surface area (TPSA) is 12.4 Å². The minimum Gasteiger partial charge on any atom is -0.248 e. The van der Waals surface area contributed by atoms with E-state index < -0.39 is 0 Å². The molecule has 1 aliphatic carbocycles. The van der Waals surface area contributed by atoms with Crippen molar-refractivity contribution in [3.8, 4) is 0 Å². The van der Waals surface area contributed by atoms with Crippen LogP contribution in [-0.2, 0) is 0 Å². The standard InChI is InChI=1S/C31H21N/c1-4-12-22(13-5-1)29-27-20-24-16-10-11-17-25(24)21-28(27)31(32-26-18-8-3-9-19-26)30(29)23-14-6-2-7-15-23/h1-21H. The van der Waals surface area contributed by atoms with E-state index in [0.29, 0.717) is 0 Å². The zero-order valence-corrected chi connectivity index (χ0v) is 17.6. The molecule has 0 unspecified atom stereocenters. The third-order valence-corrected chi connectivity index (χ3v) is 6.02. The third-order valence-electron chi connectivity index (χ3n) is 6.02. The highest BCUT2D eigenvalue weighted by molar-refractivity contribution is 6.44. The number of benzene rings is 5. The number of aliphatic imine (C=N–C) groups is 1. The minimum atomic E-state index is 0.962. The summed E-state index contributed by atoms with van der Waals surface area (Å²) < 4.78 is 0. The second-order valence-corrected chi connectivity index (χ2v) is 8.02. The Kier molecular flexibility index (Phi) is 4.51. The minimum absolute atomic E-state index is 0.962. The van der Waals surface area contributed by atoms with Gasteiger partial charge in [0.25, 0.3) is 0 Å². The maximum atomic E-state index is 5.20. The molecule has 6 rings (SSSR count). The summed E-state index contributed by atoms with van der Waals surface area (Å²) in [7, 11) is 0. The molecule has 1 heteroatoms. The van der Waals surface area contributed by atoms with Gasteiger partial charge in [-0.05, 0) is 57.3 Å². The van der Waals surface area contributed by atoms with Gasteiger partial charge < -0.3 is 0 Å². The second-order valence-electron chi connectivity index (χ2n) is 8.02. The fourth-order valence-electron chi connectivity index (χ4n) is 4.57. The van der Waals surface area contributed by atoms with E-state index in [1.807, 2.05) is 18.2 Å². The molecule has 0 heterocycles. The summed E-state index contributed by atoms with van der Waals surface area (Å²) in [4.78, 5) is 5.20. The Morgan fingerprint density at radius 3 is 1.47 bits per heavy atom. The van der Waals surface area contributed by atoms with Crippen molar-refractivity contribution < 1.29 is 0 Å². The Morgan fingerprint density at radius 1 is 0.406 bits per heavy atom. The largest absolute Gasteiger partial charge is 0.248 e. The van der Waals surface area contributed by atoms with E-state index in [4.69, 9.17) is 4.99 Å². The first-order valence-corrected chi connectivity index (χ1v) is 10.9. The van der Waals surface area contributed by atoms with Gasteiger partial charge >= 0.3 is 0 Å². The molecular formula is C31H21N. The molecule has 0 spiro atoms. The van der Waals surface area contributed by atoms with Crippen LogP contribution in [0.1, 0.15) is 22.3 Å². The quantitative estimate of drug-likeness (QED) is 0.288. The number of hydrogen-bond donors (Lipinski definition) is 0. The Bertz CT molecular complexity index is 1480. The summed E-state index contributed by atoms with van der Waals surface area (Å²) in [5.74, 6) is 0. The molecule has 0 saturated heterocycles. The van der Waals surface area contributed by atoms with E-state index in [9.17, 15) is 0 Å². The van der Waals surface area contributed by atoms with Gasteiger partial charge in [0.15, 0.2) is 0 Å². The lowest BCUT2D eigenvalue weighted by atomic mass is 9.93. The highest BCUT2D eigenvalue weighted by Gasteiger charge is 2.30. The van der Waals surface area contributed by atoms with Gasteiger partial charge in [0, 0.05) is 11.1 Å². The van der Waals surface area contributed by atoms with Crippen molar-refractivity contribution >= 4 is 33.3 Å². The van der Waals surface area contributed by atoms with Gasteiger partial charge in [-0.15, -0.1) is 0 Å². The molecule has 5 aromatic carbocycles. The lowest BCUT2D eigenvalue weighted by Gasteiger charge is -2.10. The van der Waals surface area contributed by atoms with Crippen LogP contribution in [0.15, 0.2) is 132 Å². The molecule has 1 aliphatic rings. The lowest BCUT2D eigenvalue weighted by molar-refractivity contribution is 1.51. The first-order chi connectivity index (χ1) is 15.9. The maximum Gasteiger partial charge on any atom is 0.0800 e. The van der Waals surface area contributed by atoms with Gasteiger partial charge in [-0.25, -0.2) is 4.99 Å². The molecule has 0 atom stereocenters. The Hall–Kier alpha value is -4.23. The fraction of sp³-hybridized carbons (Fsp3) is 0. The molecule has 0 amide bonds. The van der Waals surface area contributed by atoms with E-state index in [-0.39, 0.29) is 0 Å². The van der Waals surface area contributed by atoms with Crippen LogP contribution in [0, 0.1) is 0 Å². The first kappa shape index (κ1) is 18.5. The van der Waals surface area contributed by atoms with Crippen molar-refractivity contribution in [2.45, 2.75) is 0 Å². The van der Waals surface area contributed by atoms with E-state index in [1.54, 1.807) is 0 Å². The Labute approximate surface area is 188 Å². The van der Waals surface area contributed by atoms with Crippen molar-refractivity contribution in [3.63, 3.8) is 0 Å². The highest BCUT2D eigenvalue weighted by Crippen LogP contribution is 2.44. The highest BCUT2D eigenvalue weighted by atomic mass is 14.8. The normalized spacial score (nSPS) is 14.2. The summed E-state index contributed by atoms with van der Waals surface area (Å²) >= 11 is 0. The molecule has 0 saturated carbocycles. The summed E-state index contributed by atoms with van der Waals surface area (Å²) in [6, 6.07) is 44.8. The molecular weight excluding hydrogens is 386 g/mol. The molecule has 150 valence electrons. The van der Waals surface area contributed by atoms with Gasteiger partial charge in [0.1, 0.15) is 0 Å². The molecule has 0 N–H and O–H groups in total. The van der Waals surface area contributed by atoms with E-state index in [0.717, 1.165) is 11.4 Å². The zero-order chi connectivity index (χ0) is 21.3. The van der Waals surface area contributed by atoms with Crippen molar-refractivity contribution in [2.24, 2.45) is 4.99 Å². The van der Waals surface area contributed by atoms with Gasteiger partial charge in [-0.1, -0.05) is 103 Å². The molecule has 5 aromatic rings. The van der Waals surface area contributed by atoms with Crippen LogP contribution in [0.5, 0.6) is 0 Å². The Morgan fingerprint density at radius 2 is 0.875 bits per heavy atom. The van der Waals surface area contributed by atoms with Crippen LogP contribution in [0.2, 0.25) is 0 Å². The molecule has 1 nitrogen and oxygen atoms in total. The number of nitrogens with zero attached hydrogens (tertiary/aromatic N) is 1. The van der Waals surface area contributed by atoms with Gasteiger partial charge in [0.05, 0.1) is 11.4 Å². The average Bonchev–Trinajstić information content (AvgIpc) is 3.17. The molecule has 0 aliphatic heterocycles. The SMILES string of the molecule is c1ccc(N=C2C(c3ccccc3)=C(c3ccccc3)c3cc4ccccc4cc32)cc1. The molecule has 32 heavy (non-hydrogen) atoms. The van der Waals surface area contributed by atoms with Crippen LogP contribution in [0.4, 0.5) is 5.69 Å². The van der Waals surface area contributed by atoms with Crippen LogP contribution in [-0.4, -0.2) is 5.71 Å². The molecule has 0 bridgehead atoms. The average molecular weight is 408 g/mol. The monoisotopic (exact) mass is 407 g/mol. The number of allylic oxidation sites excluding steroid dienone is 1. The van der Waals surface area contributed by atoms with E-state index >= 15 is 0 Å². The smallest absolute Gasteiger partial charge is 0.0800 e. The summed E-state index contributed by atoms with van der Waals surface area (Å²) in [6.45, 7) is 0. The number of fused-ring (bicyclic) bond motifs is 2. The third kappa shape index (κ3) is 3.16. The Balaban J connectivity index is 1.73. The fourth-order valence-corrected chi connectivity index (χ4v) is 4.57. The van der Waals surface area contributed by atoms with E-state index in [2.05, 4.69) is 109 Å². The van der Waals surface area contributed by atoms with Crippen molar-refractivity contribution in [1.29, 1.82) is 0 Å². The maximum absolute atomic E-state index is 5.20. The summed E-state index contributed by atoms with van der Waals surface area (Å²) in [6.07, 6.45) is 0. The number of para-hydroxylation sites is 1. The van der Waals surface area contributed by atoms with Gasteiger partial charge in [-0.2, -0.15) is 0 Å². The van der Waals surface area contributed by atoms with Crippen molar-refractivity contribution in [1.82, 2.24) is 0 Å². The van der Waals surface area contributed by atoms with Crippen molar-refractivity contribution in [2.75, 3.05) is 0 Å². The number of hydrogen-bond acceptors (Lipinski definition) is 1. The second kappa shape index (κ2) is 7.79. The summed E-state index contributed by atoms with van der Waals surface area (Å²) in [5.41, 5.74) is 9.24. The van der Waals surface area contributed by atoms with Crippen LogP contribution >= 0.6 is 0 Å². The van der Waals surface area contributed by atoms with E-state index in [1.165, 1.54) is 44.2 Å². The lowest BCUT2D eigenvalue weighted by Crippen LogP contribution is -2.01. The zero-order valence-electron chi connectivity index (χ0n) is 17.6. The summed E-state index contributed by atoms with van der Waals surface area (Å²) in [5, 5.41) is 2.47.